The Bertz CT molecular complexity index is 1320. The van der Waals surface area contributed by atoms with Gasteiger partial charge in [0.2, 0.25) is 0 Å². The number of allylic oxidation sites excluding steroid dienone is 2. The second-order valence-electron chi connectivity index (χ2n) is 8.19. The van der Waals surface area contributed by atoms with Crippen molar-refractivity contribution in [3.63, 3.8) is 0 Å². The molecule has 4 rings (SSSR count). The molecule has 0 bridgehead atoms. The first-order valence-corrected chi connectivity index (χ1v) is 13.4. The number of hydrogen-bond acceptors (Lipinski definition) is 5. The van der Waals surface area contributed by atoms with Gasteiger partial charge in [-0.15, -0.1) is 0 Å². The Hall–Kier alpha value is -2.51. The summed E-state index contributed by atoms with van der Waals surface area (Å²) in [7, 11) is 3.38. The molecule has 0 aromatic carbocycles. The van der Waals surface area contributed by atoms with Crippen LogP contribution in [0.5, 0.6) is 4.62 Å². The first-order chi connectivity index (χ1) is 15.4. The first kappa shape index (κ1) is 22.7. The molecule has 0 unspecified atom stereocenters. The zero-order valence-electron chi connectivity index (χ0n) is 18.8. The molecule has 0 radical (unpaired) electrons. The molecule has 1 saturated carbocycles. The second kappa shape index (κ2) is 8.79. The van der Waals surface area contributed by atoms with Crippen LogP contribution >= 0.6 is 11.3 Å². The fourth-order valence-corrected chi connectivity index (χ4v) is 8.36. The van der Waals surface area contributed by atoms with E-state index in [1.54, 1.807) is 14.2 Å². The predicted molar refractivity (Wildman–Crippen MR) is 129 cm³/mol. The number of methoxy groups -OCH3 is 1. The molecular formula is C24H26N4O2SSe. The van der Waals surface area contributed by atoms with E-state index < -0.39 is 0 Å². The van der Waals surface area contributed by atoms with E-state index in [0.717, 1.165) is 30.3 Å². The zero-order valence-corrected chi connectivity index (χ0v) is 21.3. The summed E-state index contributed by atoms with van der Waals surface area (Å²) in [5, 5.41) is 9.24. The van der Waals surface area contributed by atoms with Crippen molar-refractivity contribution in [2.45, 2.75) is 57.4 Å². The van der Waals surface area contributed by atoms with Gasteiger partial charge >= 0.3 is 198 Å². The minimum absolute atomic E-state index is 0.0440. The number of nitrogens with zero attached hydrogens (tertiary/aromatic N) is 4. The Kier molecular flexibility index (Phi) is 6.23. The molecule has 6 nitrogen and oxygen atoms in total. The molecule has 1 fully saturated rings. The molecule has 32 heavy (non-hydrogen) atoms. The van der Waals surface area contributed by atoms with Crippen molar-refractivity contribution in [1.82, 2.24) is 4.57 Å². The van der Waals surface area contributed by atoms with Gasteiger partial charge in [0.25, 0.3) is 0 Å². The van der Waals surface area contributed by atoms with E-state index in [1.165, 1.54) is 38.1 Å². The van der Waals surface area contributed by atoms with Gasteiger partial charge in [-0.1, -0.05) is 0 Å². The predicted octanol–water partition coefficient (Wildman–Crippen LogP) is 2.86. The molecular weight excluding hydrogens is 487 g/mol. The molecule has 8 heteroatoms. The summed E-state index contributed by atoms with van der Waals surface area (Å²) >= 11 is 1.41. The summed E-state index contributed by atoms with van der Waals surface area (Å²) in [4.78, 5) is 18.6. The fourth-order valence-electron chi connectivity index (χ4n) is 4.82. The Morgan fingerprint density at radius 3 is 2.69 bits per heavy atom. The first-order valence-electron chi connectivity index (χ1n) is 10.8. The molecule has 2 aromatic rings. The second-order valence-corrected chi connectivity index (χ2v) is 11.3. The van der Waals surface area contributed by atoms with Crippen LogP contribution in [0.15, 0.2) is 22.6 Å². The van der Waals surface area contributed by atoms with Crippen LogP contribution in [0.25, 0.3) is 16.6 Å². The zero-order chi connectivity index (χ0) is 23.0. The van der Waals surface area contributed by atoms with Gasteiger partial charge in [-0.3, -0.25) is 0 Å². The van der Waals surface area contributed by atoms with Crippen molar-refractivity contribution < 1.29 is 4.74 Å². The van der Waals surface area contributed by atoms with Crippen LogP contribution in [0.3, 0.4) is 0 Å². The molecule has 0 amide bonds. The van der Waals surface area contributed by atoms with Crippen LogP contribution in [-0.2, 0) is 12.5 Å². The molecule has 0 N–H and O–H groups in total. The molecule has 1 aliphatic heterocycles. The minimum atomic E-state index is -0.167. The van der Waals surface area contributed by atoms with E-state index in [9.17, 15) is 10.1 Å². The van der Waals surface area contributed by atoms with Crippen LogP contribution in [0.1, 0.15) is 50.4 Å². The molecule has 2 aromatic heterocycles. The number of fused-ring (bicyclic) bond motifs is 2. The van der Waals surface area contributed by atoms with Gasteiger partial charge < -0.3 is 0 Å². The van der Waals surface area contributed by atoms with Crippen molar-refractivity contribution in [2.24, 2.45) is 7.05 Å². The number of hydrogen-bond donors (Lipinski definition) is 0. The van der Waals surface area contributed by atoms with Crippen LogP contribution in [0.2, 0.25) is 0 Å². The van der Waals surface area contributed by atoms with Gasteiger partial charge in [0, 0.05) is 0 Å². The standard InChI is InChI=1S/C24H26N4O2SSe/c1-6-15(7-2)28-17-13-20(30-5)32-21(17)24(11-8-12-24)19(28)10-9-18-22(29)27(4)23(31-18)16(14-25)26-3/h9-10,13,15H,6-8,11-12H2,1-2,4-5H3/b18-9+,19-10-,23-16-. The summed E-state index contributed by atoms with van der Waals surface area (Å²) in [5.41, 5.74) is 2.44. The SMILES string of the molecule is [C-]#[N+]/C(C#N)=c1\s/c(=C/C=C2\N(C(CC)CC)c3cc(OC)[se]c3C23CCC3)c(=O)n1C. The summed E-state index contributed by atoms with van der Waals surface area (Å²) < 4.78 is 10.6. The molecule has 1 aliphatic carbocycles. The van der Waals surface area contributed by atoms with E-state index in [1.807, 2.05) is 12.1 Å². The molecule has 0 atom stereocenters. The van der Waals surface area contributed by atoms with E-state index in [4.69, 9.17) is 11.3 Å². The third-order valence-electron chi connectivity index (χ3n) is 6.69. The van der Waals surface area contributed by atoms with Crippen molar-refractivity contribution in [3.8, 4) is 10.7 Å². The quantitative estimate of drug-likeness (QED) is 0.456. The van der Waals surface area contributed by atoms with E-state index >= 15 is 0 Å². The van der Waals surface area contributed by atoms with Crippen molar-refractivity contribution >= 4 is 43.3 Å². The monoisotopic (exact) mass is 514 g/mol. The van der Waals surface area contributed by atoms with Gasteiger partial charge in [-0.2, -0.15) is 0 Å². The normalized spacial score (nSPS) is 19.2. The number of thiazole rings is 1. The van der Waals surface area contributed by atoms with Gasteiger partial charge in [-0.05, 0) is 0 Å². The molecule has 0 saturated heterocycles. The van der Waals surface area contributed by atoms with Crippen LogP contribution < -0.4 is 24.4 Å². The molecule has 1 spiro atoms. The molecule has 166 valence electrons. The van der Waals surface area contributed by atoms with Gasteiger partial charge in [0.1, 0.15) is 0 Å². The number of anilines is 1. The van der Waals surface area contributed by atoms with Crippen molar-refractivity contribution in [3.05, 3.63) is 53.2 Å². The topological polar surface area (TPSA) is 62.6 Å². The van der Waals surface area contributed by atoms with Gasteiger partial charge in [-0.25, -0.2) is 0 Å². The number of rotatable bonds is 5. The summed E-state index contributed by atoms with van der Waals surface area (Å²) in [6.45, 7) is 11.7. The van der Waals surface area contributed by atoms with E-state index in [0.29, 0.717) is 15.2 Å². The summed E-state index contributed by atoms with van der Waals surface area (Å²) in [5.74, 6) is 0. The summed E-state index contributed by atoms with van der Waals surface area (Å²) in [6.07, 6.45) is 9.59. The Morgan fingerprint density at radius 2 is 2.16 bits per heavy atom. The Labute approximate surface area is 197 Å². The third kappa shape index (κ3) is 3.30. The maximum atomic E-state index is 12.8. The van der Waals surface area contributed by atoms with Crippen molar-refractivity contribution in [1.29, 1.82) is 5.26 Å². The van der Waals surface area contributed by atoms with E-state index in [-0.39, 0.29) is 31.2 Å². The van der Waals surface area contributed by atoms with Crippen LogP contribution in [0.4, 0.5) is 5.69 Å². The van der Waals surface area contributed by atoms with Gasteiger partial charge in [0.15, 0.2) is 0 Å². The molecule has 2 aliphatic rings. The third-order valence-corrected chi connectivity index (χ3v) is 10.6. The fraction of sp³-hybridized carbons (Fsp3) is 0.458. The average molecular weight is 514 g/mol. The number of nitriles is 1. The Balaban J connectivity index is 1.93. The summed E-state index contributed by atoms with van der Waals surface area (Å²) in [6, 6.07) is 4.52. The van der Waals surface area contributed by atoms with Crippen LogP contribution in [0, 0.1) is 17.9 Å². The number of aromatic nitrogens is 1. The van der Waals surface area contributed by atoms with Crippen molar-refractivity contribution in [2.75, 3.05) is 12.0 Å². The van der Waals surface area contributed by atoms with Gasteiger partial charge in [0.05, 0.1) is 0 Å². The number of ether oxygens (including phenoxy) is 1. The average Bonchev–Trinajstić information content (AvgIpc) is 3.39. The van der Waals surface area contributed by atoms with E-state index in [2.05, 4.69) is 35.7 Å². The molecule has 3 heterocycles. The van der Waals surface area contributed by atoms with Crippen LogP contribution in [-0.4, -0.2) is 32.2 Å². The maximum absolute atomic E-state index is 12.8. The Morgan fingerprint density at radius 1 is 1.44 bits per heavy atom.